The molecule has 0 saturated carbocycles. The number of nitrogens with zero attached hydrogens (tertiary/aromatic N) is 5. The van der Waals surface area contributed by atoms with E-state index in [-0.39, 0.29) is 5.82 Å². The average molecular weight is 351 g/mol. The maximum atomic E-state index is 12.5. The number of hydrogen-bond donors (Lipinski definition) is 0. The molecule has 6 nitrogen and oxygen atoms in total. The Morgan fingerprint density at radius 1 is 1.16 bits per heavy atom. The zero-order valence-electron chi connectivity index (χ0n) is 13.7. The fourth-order valence-corrected chi connectivity index (χ4v) is 2.33. The molecule has 0 aliphatic heterocycles. The highest BCUT2D eigenvalue weighted by atomic mass is 19.4. The maximum Gasteiger partial charge on any atom is 0.471 e. The summed E-state index contributed by atoms with van der Waals surface area (Å²) in [6, 6.07) is 6.85. The molecule has 9 heteroatoms. The van der Waals surface area contributed by atoms with Crippen molar-refractivity contribution in [2.45, 2.75) is 33.0 Å². The van der Waals surface area contributed by atoms with E-state index in [2.05, 4.69) is 38.8 Å². The van der Waals surface area contributed by atoms with Gasteiger partial charge in [0.05, 0.1) is 12.2 Å². The van der Waals surface area contributed by atoms with Crippen LogP contribution in [-0.4, -0.2) is 25.1 Å². The van der Waals surface area contributed by atoms with E-state index in [0.29, 0.717) is 18.0 Å². The van der Waals surface area contributed by atoms with Crippen molar-refractivity contribution in [3.8, 4) is 11.4 Å². The maximum absolute atomic E-state index is 12.5. The summed E-state index contributed by atoms with van der Waals surface area (Å²) < 4.78 is 43.4. The average Bonchev–Trinajstić information content (AvgIpc) is 3.17. The predicted octanol–water partition coefficient (Wildman–Crippen LogP) is 3.59. The Bertz CT molecular complexity index is 836. The van der Waals surface area contributed by atoms with Crippen LogP contribution in [0, 0.1) is 5.92 Å². The lowest BCUT2D eigenvalue weighted by Crippen LogP contribution is -2.04. The predicted molar refractivity (Wildman–Crippen MR) is 82.4 cm³/mol. The van der Waals surface area contributed by atoms with Crippen LogP contribution in [0.3, 0.4) is 0 Å². The molecule has 0 radical (unpaired) electrons. The zero-order valence-corrected chi connectivity index (χ0v) is 13.7. The van der Waals surface area contributed by atoms with Crippen molar-refractivity contribution in [2.75, 3.05) is 0 Å². The molecule has 2 heterocycles. The Balaban J connectivity index is 1.70. The second kappa shape index (κ2) is 6.66. The lowest BCUT2D eigenvalue weighted by Gasteiger charge is -2.02. The fourth-order valence-electron chi connectivity index (χ4n) is 2.33. The summed E-state index contributed by atoms with van der Waals surface area (Å²) in [5, 5.41) is 11.6. The van der Waals surface area contributed by atoms with E-state index in [1.807, 2.05) is 6.20 Å². The number of benzene rings is 1. The summed E-state index contributed by atoms with van der Waals surface area (Å²) >= 11 is 0. The summed E-state index contributed by atoms with van der Waals surface area (Å²) in [6.07, 6.45) is -1.90. The van der Waals surface area contributed by atoms with Crippen LogP contribution in [0.5, 0.6) is 0 Å². The highest BCUT2D eigenvalue weighted by Gasteiger charge is 2.38. The minimum Gasteiger partial charge on any atom is -0.329 e. The van der Waals surface area contributed by atoms with Crippen molar-refractivity contribution in [2.24, 2.45) is 5.92 Å². The second-order valence-corrected chi connectivity index (χ2v) is 6.12. The van der Waals surface area contributed by atoms with Gasteiger partial charge in [-0.25, -0.2) is 4.68 Å². The third-order valence-electron chi connectivity index (χ3n) is 3.43. The molecule has 0 atom stereocenters. The van der Waals surface area contributed by atoms with Crippen LogP contribution in [-0.2, 0) is 19.1 Å². The number of hydrogen-bond acceptors (Lipinski definition) is 5. The standard InChI is InChI=1S/C16H16F3N5O/c1-10(2)7-13-9-24(23-21-13)8-11-3-5-12(6-4-11)14-20-15(25-22-14)16(17,18)19/h3-6,9-10H,7-8H2,1-2H3. The lowest BCUT2D eigenvalue weighted by molar-refractivity contribution is -0.159. The Morgan fingerprint density at radius 3 is 2.48 bits per heavy atom. The lowest BCUT2D eigenvalue weighted by atomic mass is 10.1. The molecule has 1 aromatic carbocycles. The van der Waals surface area contributed by atoms with Gasteiger partial charge in [-0.05, 0) is 17.9 Å². The van der Waals surface area contributed by atoms with Crippen molar-refractivity contribution in [1.82, 2.24) is 25.1 Å². The quantitative estimate of drug-likeness (QED) is 0.702. The van der Waals surface area contributed by atoms with Gasteiger partial charge in [0.25, 0.3) is 0 Å². The summed E-state index contributed by atoms with van der Waals surface area (Å²) in [7, 11) is 0. The van der Waals surface area contributed by atoms with E-state index in [1.165, 1.54) is 0 Å². The summed E-state index contributed by atoms with van der Waals surface area (Å²) in [6.45, 7) is 4.74. The highest BCUT2D eigenvalue weighted by Crippen LogP contribution is 2.29. The van der Waals surface area contributed by atoms with Gasteiger partial charge in [0.15, 0.2) is 0 Å². The van der Waals surface area contributed by atoms with Gasteiger partial charge in [0, 0.05) is 11.8 Å². The number of alkyl halides is 3. The van der Waals surface area contributed by atoms with E-state index >= 15 is 0 Å². The molecule has 3 rings (SSSR count). The van der Waals surface area contributed by atoms with E-state index < -0.39 is 12.1 Å². The van der Waals surface area contributed by atoms with E-state index in [1.54, 1.807) is 28.9 Å². The third kappa shape index (κ3) is 4.23. The first-order valence-electron chi connectivity index (χ1n) is 7.70. The van der Waals surface area contributed by atoms with Crippen molar-refractivity contribution in [3.05, 3.63) is 47.6 Å². The number of rotatable bonds is 5. The first-order chi connectivity index (χ1) is 11.8. The van der Waals surface area contributed by atoms with Crippen LogP contribution in [0.15, 0.2) is 35.0 Å². The molecule has 0 fully saturated rings. The van der Waals surface area contributed by atoms with E-state index in [4.69, 9.17) is 0 Å². The van der Waals surface area contributed by atoms with E-state index in [9.17, 15) is 13.2 Å². The minimum atomic E-state index is -4.65. The topological polar surface area (TPSA) is 69.6 Å². The van der Waals surface area contributed by atoms with Gasteiger partial charge < -0.3 is 4.52 Å². The SMILES string of the molecule is CC(C)Cc1cn(Cc2ccc(-c3noc(C(F)(F)F)n3)cc2)nn1. The first kappa shape index (κ1) is 17.1. The highest BCUT2D eigenvalue weighted by molar-refractivity contribution is 5.54. The largest absolute Gasteiger partial charge is 0.471 e. The molecule has 0 bridgehead atoms. The molecule has 0 saturated heterocycles. The summed E-state index contributed by atoms with van der Waals surface area (Å²) in [5.41, 5.74) is 2.31. The van der Waals surface area contributed by atoms with Crippen LogP contribution >= 0.6 is 0 Å². The monoisotopic (exact) mass is 351 g/mol. The van der Waals surface area contributed by atoms with Crippen molar-refractivity contribution in [1.29, 1.82) is 0 Å². The van der Waals surface area contributed by atoms with Gasteiger partial charge in [-0.3, -0.25) is 0 Å². The number of aromatic nitrogens is 5. The molecule has 0 N–H and O–H groups in total. The Hall–Kier alpha value is -2.71. The Kier molecular flexibility index (Phi) is 4.56. The van der Waals surface area contributed by atoms with Crippen LogP contribution in [0.4, 0.5) is 13.2 Å². The fraction of sp³-hybridized carbons (Fsp3) is 0.375. The molecule has 0 spiro atoms. The van der Waals surface area contributed by atoms with Crippen molar-refractivity contribution >= 4 is 0 Å². The molecular formula is C16H16F3N5O. The molecule has 132 valence electrons. The van der Waals surface area contributed by atoms with Crippen LogP contribution in [0.25, 0.3) is 11.4 Å². The number of halogens is 3. The Morgan fingerprint density at radius 2 is 1.88 bits per heavy atom. The van der Waals surface area contributed by atoms with Gasteiger partial charge in [-0.1, -0.05) is 48.5 Å². The molecule has 25 heavy (non-hydrogen) atoms. The summed E-state index contributed by atoms with van der Waals surface area (Å²) in [4.78, 5) is 3.37. The van der Waals surface area contributed by atoms with Crippen molar-refractivity contribution < 1.29 is 17.7 Å². The third-order valence-corrected chi connectivity index (χ3v) is 3.43. The minimum absolute atomic E-state index is 0.0983. The summed E-state index contributed by atoms with van der Waals surface area (Å²) in [5.74, 6) is -0.952. The smallest absolute Gasteiger partial charge is 0.329 e. The van der Waals surface area contributed by atoms with Gasteiger partial charge in [-0.2, -0.15) is 18.2 Å². The second-order valence-electron chi connectivity index (χ2n) is 6.12. The zero-order chi connectivity index (χ0) is 18.0. The van der Waals surface area contributed by atoms with E-state index in [0.717, 1.165) is 17.7 Å². The van der Waals surface area contributed by atoms with Crippen LogP contribution < -0.4 is 0 Å². The molecule has 0 aliphatic carbocycles. The van der Waals surface area contributed by atoms with Gasteiger partial charge in [0.2, 0.25) is 5.82 Å². The first-order valence-corrected chi connectivity index (χ1v) is 7.70. The van der Waals surface area contributed by atoms with Gasteiger partial charge in [0.1, 0.15) is 0 Å². The molecule has 0 unspecified atom stereocenters. The molecule has 0 amide bonds. The molecule has 0 aliphatic rings. The molecule has 2 aromatic heterocycles. The Labute approximate surface area is 141 Å². The van der Waals surface area contributed by atoms with Gasteiger partial charge >= 0.3 is 12.1 Å². The van der Waals surface area contributed by atoms with Crippen molar-refractivity contribution in [3.63, 3.8) is 0 Å². The van der Waals surface area contributed by atoms with Crippen LogP contribution in [0.2, 0.25) is 0 Å². The molecule has 3 aromatic rings. The molecular weight excluding hydrogens is 335 g/mol. The van der Waals surface area contributed by atoms with Crippen LogP contribution in [0.1, 0.15) is 31.0 Å². The van der Waals surface area contributed by atoms with Gasteiger partial charge in [-0.15, -0.1) is 5.10 Å². The normalized spacial score (nSPS) is 12.1.